The van der Waals surface area contributed by atoms with Gasteiger partial charge in [-0.15, -0.1) is 24.0 Å². The van der Waals surface area contributed by atoms with Crippen molar-refractivity contribution in [2.75, 3.05) is 73.6 Å². The first-order chi connectivity index (χ1) is 14.6. The largest absolute Gasteiger partial charge is 0.496 e. The Bertz CT molecular complexity index is 682. The maximum Gasteiger partial charge on any atom is 0.191 e. The van der Waals surface area contributed by atoms with Gasteiger partial charge in [0.05, 0.1) is 19.7 Å². The number of ether oxygens (including phenoxy) is 1. The van der Waals surface area contributed by atoms with Crippen molar-refractivity contribution in [3.05, 3.63) is 29.8 Å². The number of nitrogens with one attached hydrogen (secondary N) is 2. The van der Waals surface area contributed by atoms with E-state index in [1.807, 2.05) is 6.07 Å². The highest BCUT2D eigenvalue weighted by Gasteiger charge is 2.26. The summed E-state index contributed by atoms with van der Waals surface area (Å²) in [6.45, 7) is 10.2. The molecule has 0 amide bonds. The molecule has 0 radical (unpaired) electrons. The fraction of sp³-hybridized carbons (Fsp3) is 0.696. The molecule has 7 nitrogen and oxygen atoms in total. The van der Waals surface area contributed by atoms with Gasteiger partial charge in [0.25, 0.3) is 0 Å². The lowest BCUT2D eigenvalue weighted by Crippen LogP contribution is -2.55. The molecule has 176 valence electrons. The van der Waals surface area contributed by atoms with Crippen LogP contribution in [0.5, 0.6) is 5.75 Å². The minimum atomic E-state index is 0. The van der Waals surface area contributed by atoms with Gasteiger partial charge >= 0.3 is 0 Å². The third-order valence-electron chi connectivity index (χ3n) is 6.33. The summed E-state index contributed by atoms with van der Waals surface area (Å²) >= 11 is 0. The highest BCUT2D eigenvalue weighted by atomic mass is 127. The molecule has 1 aromatic carbocycles. The molecule has 2 N–H and O–H groups in total. The maximum atomic E-state index is 5.67. The highest BCUT2D eigenvalue weighted by molar-refractivity contribution is 14.0. The van der Waals surface area contributed by atoms with Crippen molar-refractivity contribution >= 4 is 29.9 Å². The van der Waals surface area contributed by atoms with Crippen LogP contribution >= 0.6 is 24.0 Å². The number of hydrogen-bond acceptors (Lipinski definition) is 5. The molecule has 2 unspecified atom stereocenters. The van der Waals surface area contributed by atoms with E-state index in [-0.39, 0.29) is 30.0 Å². The van der Waals surface area contributed by atoms with Gasteiger partial charge in [0, 0.05) is 44.3 Å². The number of aliphatic imine (C=N–C) groups is 1. The van der Waals surface area contributed by atoms with Crippen molar-refractivity contribution in [3.8, 4) is 5.75 Å². The van der Waals surface area contributed by atoms with Crippen molar-refractivity contribution in [3.63, 3.8) is 0 Å². The number of halogens is 1. The Morgan fingerprint density at radius 3 is 2.58 bits per heavy atom. The average Bonchev–Trinajstić information content (AvgIpc) is 3.29. The number of piperazine rings is 1. The second kappa shape index (κ2) is 13.4. The van der Waals surface area contributed by atoms with Gasteiger partial charge in [-0.25, -0.2) is 0 Å². The third kappa shape index (κ3) is 7.47. The van der Waals surface area contributed by atoms with Gasteiger partial charge in [0.2, 0.25) is 0 Å². The van der Waals surface area contributed by atoms with E-state index >= 15 is 0 Å². The first kappa shape index (κ1) is 26.2. The van der Waals surface area contributed by atoms with Gasteiger partial charge in [0.15, 0.2) is 5.96 Å². The van der Waals surface area contributed by atoms with Crippen molar-refractivity contribution in [2.24, 2.45) is 4.99 Å². The zero-order chi connectivity index (χ0) is 21.3. The molecule has 2 aliphatic rings. The fourth-order valence-electron chi connectivity index (χ4n) is 4.46. The predicted octanol–water partition coefficient (Wildman–Crippen LogP) is 2.25. The summed E-state index contributed by atoms with van der Waals surface area (Å²) in [5, 5.41) is 7.02. The molecule has 2 saturated heterocycles. The molecule has 0 aliphatic carbocycles. The molecule has 1 aromatic rings. The van der Waals surface area contributed by atoms with Crippen LogP contribution in [-0.2, 0) is 0 Å². The highest BCUT2D eigenvalue weighted by Crippen LogP contribution is 2.31. The number of guanidine groups is 1. The molecule has 3 rings (SSSR count). The summed E-state index contributed by atoms with van der Waals surface area (Å²) in [7, 11) is 6.17. The first-order valence-electron chi connectivity index (χ1n) is 11.4. The predicted molar refractivity (Wildman–Crippen MR) is 140 cm³/mol. The van der Waals surface area contributed by atoms with Gasteiger partial charge in [-0.05, 0) is 53.0 Å². The Morgan fingerprint density at radius 1 is 1.13 bits per heavy atom. The normalized spacial score (nSPS) is 22.1. The second-order valence-electron chi connectivity index (χ2n) is 8.50. The van der Waals surface area contributed by atoms with Crippen molar-refractivity contribution < 1.29 is 4.74 Å². The summed E-state index contributed by atoms with van der Waals surface area (Å²) in [6.07, 6.45) is 2.52. The van der Waals surface area contributed by atoms with E-state index in [1.54, 1.807) is 7.11 Å². The minimum Gasteiger partial charge on any atom is -0.496 e. The number of likely N-dealkylation sites (tertiary alicyclic amines) is 1. The van der Waals surface area contributed by atoms with E-state index in [0.29, 0.717) is 6.04 Å². The van der Waals surface area contributed by atoms with E-state index in [2.05, 4.69) is 64.6 Å². The van der Waals surface area contributed by atoms with E-state index in [1.165, 1.54) is 18.4 Å². The van der Waals surface area contributed by atoms with Crippen LogP contribution in [0.4, 0.5) is 0 Å². The Balaban J connectivity index is 0.00000341. The van der Waals surface area contributed by atoms with E-state index < -0.39 is 0 Å². The molecule has 31 heavy (non-hydrogen) atoms. The van der Waals surface area contributed by atoms with Crippen LogP contribution in [0.2, 0.25) is 0 Å². The van der Waals surface area contributed by atoms with Crippen molar-refractivity contribution in [1.29, 1.82) is 0 Å². The van der Waals surface area contributed by atoms with E-state index in [9.17, 15) is 0 Å². The van der Waals surface area contributed by atoms with Crippen LogP contribution < -0.4 is 15.4 Å². The van der Waals surface area contributed by atoms with Gasteiger partial charge in [-0.3, -0.25) is 14.8 Å². The third-order valence-corrected chi connectivity index (χ3v) is 6.33. The zero-order valence-electron chi connectivity index (χ0n) is 19.6. The first-order valence-corrected chi connectivity index (χ1v) is 11.4. The molecule has 2 atom stereocenters. The quantitative estimate of drug-likeness (QED) is 0.298. The smallest absolute Gasteiger partial charge is 0.191 e. The average molecular weight is 545 g/mol. The van der Waals surface area contributed by atoms with Gasteiger partial charge in [0.1, 0.15) is 5.75 Å². The number of benzene rings is 1. The number of methoxy groups -OCH3 is 1. The van der Waals surface area contributed by atoms with Crippen LogP contribution in [0.1, 0.15) is 31.4 Å². The fourth-order valence-corrected chi connectivity index (χ4v) is 4.46. The summed E-state index contributed by atoms with van der Waals surface area (Å²) in [6, 6.07) is 9.11. The number of hydrogen-bond donors (Lipinski definition) is 2. The van der Waals surface area contributed by atoms with Crippen LogP contribution in [0.3, 0.4) is 0 Å². The van der Waals surface area contributed by atoms with E-state index in [0.717, 1.165) is 64.1 Å². The molecule has 0 bridgehead atoms. The number of rotatable bonds is 8. The topological polar surface area (TPSA) is 55.4 Å². The Labute approximate surface area is 205 Å². The van der Waals surface area contributed by atoms with Gasteiger partial charge in [-0.1, -0.05) is 18.2 Å². The lowest BCUT2D eigenvalue weighted by molar-refractivity contribution is 0.116. The van der Waals surface area contributed by atoms with Crippen LogP contribution in [-0.4, -0.2) is 100 Å². The molecule has 2 heterocycles. The standard InChI is InChI=1S/C23H40N6O.HI/c1-5-24-23(25-16-19-18-27(2)14-15-28(19)3)26-17-21(29-12-8-9-13-29)20-10-6-7-11-22(20)30-4;/h6-7,10-11,19,21H,5,8-9,12-18H2,1-4H3,(H2,24,25,26);1H. The zero-order valence-corrected chi connectivity index (χ0v) is 22.0. The van der Waals surface area contributed by atoms with Crippen molar-refractivity contribution in [1.82, 2.24) is 25.3 Å². The number of para-hydroxylation sites is 1. The lowest BCUT2D eigenvalue weighted by atomic mass is 10.0. The summed E-state index contributed by atoms with van der Waals surface area (Å²) in [5.74, 6) is 1.85. The summed E-state index contributed by atoms with van der Waals surface area (Å²) in [5.41, 5.74) is 1.23. The lowest BCUT2D eigenvalue weighted by Gasteiger charge is -2.38. The summed E-state index contributed by atoms with van der Waals surface area (Å²) < 4.78 is 5.67. The van der Waals surface area contributed by atoms with Crippen LogP contribution in [0.15, 0.2) is 29.3 Å². The molecule has 2 fully saturated rings. The minimum absolute atomic E-state index is 0. The number of nitrogens with zero attached hydrogens (tertiary/aromatic N) is 4. The monoisotopic (exact) mass is 544 g/mol. The second-order valence-corrected chi connectivity index (χ2v) is 8.50. The molecular formula is C23H41IN6O. The molecular weight excluding hydrogens is 503 g/mol. The van der Waals surface area contributed by atoms with Gasteiger partial charge in [-0.2, -0.15) is 0 Å². The molecule has 2 aliphatic heterocycles. The molecule has 0 spiro atoms. The molecule has 0 aromatic heterocycles. The van der Waals surface area contributed by atoms with E-state index in [4.69, 9.17) is 9.73 Å². The Kier molecular flexibility index (Phi) is 11.3. The Morgan fingerprint density at radius 2 is 1.87 bits per heavy atom. The number of likely N-dealkylation sites (N-methyl/N-ethyl adjacent to an activating group) is 2. The SMILES string of the molecule is CCNC(=NCC(c1ccccc1OC)N1CCCC1)NCC1CN(C)CCN1C.I. The Hall–Kier alpha value is -1.10. The molecule has 8 heteroatoms. The molecule has 0 saturated carbocycles. The summed E-state index contributed by atoms with van der Waals surface area (Å²) in [4.78, 5) is 12.4. The maximum absolute atomic E-state index is 5.67. The van der Waals surface area contributed by atoms with Gasteiger partial charge < -0.3 is 20.3 Å². The van der Waals surface area contributed by atoms with Crippen LogP contribution in [0.25, 0.3) is 0 Å². The van der Waals surface area contributed by atoms with Crippen LogP contribution in [0, 0.1) is 0 Å². The van der Waals surface area contributed by atoms with Crippen molar-refractivity contribution in [2.45, 2.75) is 31.8 Å².